The van der Waals surface area contributed by atoms with Crippen molar-refractivity contribution in [3.63, 3.8) is 0 Å². The summed E-state index contributed by atoms with van der Waals surface area (Å²) in [5.74, 6) is -1.46. The standard InChI is InChI=1S/C23H27NO4/c1-4-27-21(25)23(22(26)28-5-2)20(18-9-7-6-8-10-18)15-16-24(23)19-13-11-17(3)12-14-19/h6-14,20H,4-5,15-16H2,1-3H3. The van der Waals surface area contributed by atoms with Crippen LogP contribution in [-0.4, -0.2) is 37.2 Å². The van der Waals surface area contributed by atoms with Crippen molar-refractivity contribution < 1.29 is 19.1 Å². The molecule has 5 nitrogen and oxygen atoms in total. The van der Waals surface area contributed by atoms with Gasteiger partial charge in [0, 0.05) is 18.2 Å². The molecule has 0 bridgehead atoms. The zero-order valence-electron chi connectivity index (χ0n) is 16.7. The van der Waals surface area contributed by atoms with E-state index in [0.717, 1.165) is 16.8 Å². The number of carbonyl (C=O) groups is 2. The molecule has 1 unspecified atom stereocenters. The van der Waals surface area contributed by atoms with E-state index in [2.05, 4.69) is 0 Å². The maximum atomic E-state index is 13.4. The summed E-state index contributed by atoms with van der Waals surface area (Å²) in [6.45, 7) is 6.45. The van der Waals surface area contributed by atoms with Crippen LogP contribution in [0.5, 0.6) is 0 Å². The highest BCUT2D eigenvalue weighted by Gasteiger charge is 2.63. The minimum absolute atomic E-state index is 0.198. The van der Waals surface area contributed by atoms with E-state index in [4.69, 9.17) is 9.47 Å². The lowest BCUT2D eigenvalue weighted by molar-refractivity contribution is -0.164. The quantitative estimate of drug-likeness (QED) is 0.562. The van der Waals surface area contributed by atoms with E-state index in [1.165, 1.54) is 0 Å². The molecular weight excluding hydrogens is 354 g/mol. The summed E-state index contributed by atoms with van der Waals surface area (Å²) in [7, 11) is 0. The Kier molecular flexibility index (Phi) is 6.02. The van der Waals surface area contributed by atoms with Gasteiger partial charge in [-0.15, -0.1) is 0 Å². The summed E-state index contributed by atoms with van der Waals surface area (Å²) in [5, 5.41) is 0. The maximum absolute atomic E-state index is 13.4. The van der Waals surface area contributed by atoms with Gasteiger partial charge in [-0.25, -0.2) is 9.59 Å². The third kappa shape index (κ3) is 3.37. The number of aryl methyl sites for hydroxylation is 1. The van der Waals surface area contributed by atoms with Crippen molar-refractivity contribution >= 4 is 17.6 Å². The Bertz CT molecular complexity index is 798. The largest absolute Gasteiger partial charge is 0.464 e. The molecule has 3 rings (SSSR count). The summed E-state index contributed by atoms with van der Waals surface area (Å²) < 4.78 is 10.9. The van der Waals surface area contributed by atoms with Crippen LogP contribution in [0.2, 0.25) is 0 Å². The number of carbonyl (C=O) groups excluding carboxylic acids is 2. The zero-order valence-corrected chi connectivity index (χ0v) is 16.7. The van der Waals surface area contributed by atoms with Crippen molar-refractivity contribution in [2.75, 3.05) is 24.7 Å². The highest BCUT2D eigenvalue weighted by Crippen LogP contribution is 2.46. The molecule has 0 aliphatic carbocycles. The van der Waals surface area contributed by atoms with Gasteiger partial charge in [-0.05, 0) is 44.9 Å². The van der Waals surface area contributed by atoms with Crippen LogP contribution >= 0.6 is 0 Å². The average Bonchev–Trinajstić information content (AvgIpc) is 3.11. The molecule has 0 saturated carbocycles. The fourth-order valence-corrected chi connectivity index (χ4v) is 4.05. The number of hydrogen-bond acceptors (Lipinski definition) is 5. The third-order valence-corrected chi connectivity index (χ3v) is 5.29. The van der Waals surface area contributed by atoms with Crippen molar-refractivity contribution in [2.45, 2.75) is 38.6 Å². The Morgan fingerprint density at radius 3 is 2.07 bits per heavy atom. The van der Waals surface area contributed by atoms with Gasteiger partial charge < -0.3 is 14.4 Å². The highest BCUT2D eigenvalue weighted by atomic mass is 16.6. The van der Waals surface area contributed by atoms with Gasteiger partial charge in [0.25, 0.3) is 0 Å². The molecule has 0 amide bonds. The Morgan fingerprint density at radius 1 is 0.964 bits per heavy atom. The summed E-state index contributed by atoms with van der Waals surface area (Å²) in [5.41, 5.74) is 1.31. The fraction of sp³-hybridized carbons (Fsp3) is 0.391. The molecule has 1 fully saturated rings. The Hall–Kier alpha value is -2.82. The topological polar surface area (TPSA) is 55.8 Å². The first-order valence-corrected chi connectivity index (χ1v) is 9.79. The number of hydrogen-bond donors (Lipinski definition) is 0. The van der Waals surface area contributed by atoms with Gasteiger partial charge in [0.1, 0.15) is 0 Å². The smallest absolute Gasteiger partial charge is 0.344 e. The lowest BCUT2D eigenvalue weighted by Gasteiger charge is -2.39. The van der Waals surface area contributed by atoms with Gasteiger partial charge >= 0.3 is 11.9 Å². The molecule has 0 N–H and O–H groups in total. The van der Waals surface area contributed by atoms with Crippen molar-refractivity contribution in [1.82, 2.24) is 0 Å². The van der Waals surface area contributed by atoms with Crippen LogP contribution in [0.25, 0.3) is 0 Å². The molecule has 0 spiro atoms. The monoisotopic (exact) mass is 381 g/mol. The van der Waals surface area contributed by atoms with Crippen LogP contribution in [0, 0.1) is 6.92 Å². The predicted molar refractivity (Wildman–Crippen MR) is 108 cm³/mol. The van der Waals surface area contributed by atoms with Gasteiger partial charge in [-0.1, -0.05) is 48.0 Å². The summed E-state index contributed by atoms with van der Waals surface area (Å²) in [6.07, 6.45) is 0.648. The maximum Gasteiger partial charge on any atom is 0.344 e. The molecule has 28 heavy (non-hydrogen) atoms. The second-order valence-corrected chi connectivity index (χ2v) is 6.95. The number of nitrogens with zero attached hydrogens (tertiary/aromatic N) is 1. The Labute approximate surface area is 166 Å². The summed E-state index contributed by atoms with van der Waals surface area (Å²) in [6, 6.07) is 17.5. The normalized spacial score (nSPS) is 18.0. The Balaban J connectivity index is 2.19. The highest BCUT2D eigenvalue weighted by molar-refractivity contribution is 6.10. The first kappa shape index (κ1) is 19.9. The molecular formula is C23H27NO4. The van der Waals surface area contributed by atoms with E-state index < -0.39 is 17.5 Å². The molecule has 0 radical (unpaired) electrons. The number of anilines is 1. The van der Waals surface area contributed by atoms with Crippen molar-refractivity contribution in [1.29, 1.82) is 0 Å². The van der Waals surface area contributed by atoms with Crippen LogP contribution in [0.4, 0.5) is 5.69 Å². The molecule has 1 aliphatic rings. The lowest BCUT2D eigenvalue weighted by atomic mass is 9.79. The number of esters is 2. The Morgan fingerprint density at radius 2 is 1.54 bits per heavy atom. The number of rotatable bonds is 6. The van der Waals surface area contributed by atoms with E-state index in [-0.39, 0.29) is 19.1 Å². The molecule has 1 aliphatic heterocycles. The van der Waals surface area contributed by atoms with Crippen LogP contribution in [0.1, 0.15) is 37.3 Å². The second-order valence-electron chi connectivity index (χ2n) is 6.95. The van der Waals surface area contributed by atoms with E-state index >= 15 is 0 Å². The minimum Gasteiger partial charge on any atom is -0.464 e. The SMILES string of the molecule is CCOC(=O)C1(C(=O)OCC)C(c2ccccc2)CCN1c1ccc(C)cc1. The van der Waals surface area contributed by atoms with Crippen molar-refractivity contribution in [3.8, 4) is 0 Å². The van der Waals surface area contributed by atoms with Crippen molar-refractivity contribution in [2.24, 2.45) is 0 Å². The van der Waals surface area contributed by atoms with Crippen LogP contribution in [0.15, 0.2) is 54.6 Å². The van der Waals surface area contributed by atoms with E-state index in [1.807, 2.05) is 66.4 Å². The fourth-order valence-electron chi connectivity index (χ4n) is 4.05. The number of benzene rings is 2. The molecule has 5 heteroatoms. The molecule has 2 aromatic rings. The second kappa shape index (κ2) is 8.46. The van der Waals surface area contributed by atoms with Gasteiger partial charge in [0.2, 0.25) is 5.54 Å². The lowest BCUT2D eigenvalue weighted by Crippen LogP contribution is -2.61. The summed E-state index contributed by atoms with van der Waals surface area (Å²) >= 11 is 0. The van der Waals surface area contributed by atoms with Crippen molar-refractivity contribution in [3.05, 3.63) is 65.7 Å². The van der Waals surface area contributed by atoms with E-state index in [1.54, 1.807) is 13.8 Å². The van der Waals surface area contributed by atoms with E-state index in [0.29, 0.717) is 13.0 Å². The van der Waals surface area contributed by atoms with Crippen LogP contribution < -0.4 is 4.90 Å². The minimum atomic E-state index is -1.54. The van der Waals surface area contributed by atoms with Gasteiger partial charge in [0.05, 0.1) is 13.2 Å². The molecule has 1 heterocycles. The van der Waals surface area contributed by atoms with Crippen LogP contribution in [0.3, 0.4) is 0 Å². The van der Waals surface area contributed by atoms with Gasteiger partial charge in [0.15, 0.2) is 0 Å². The summed E-state index contributed by atoms with van der Waals surface area (Å²) in [4.78, 5) is 28.6. The number of ether oxygens (including phenoxy) is 2. The van der Waals surface area contributed by atoms with Gasteiger partial charge in [-0.2, -0.15) is 0 Å². The molecule has 0 aromatic heterocycles. The van der Waals surface area contributed by atoms with Crippen LogP contribution in [-0.2, 0) is 19.1 Å². The molecule has 1 saturated heterocycles. The average molecular weight is 381 g/mol. The molecule has 1 atom stereocenters. The first-order valence-electron chi connectivity index (χ1n) is 9.79. The van der Waals surface area contributed by atoms with E-state index in [9.17, 15) is 9.59 Å². The molecule has 2 aromatic carbocycles. The van der Waals surface area contributed by atoms with Gasteiger partial charge in [-0.3, -0.25) is 0 Å². The third-order valence-electron chi connectivity index (χ3n) is 5.29. The first-order chi connectivity index (χ1) is 13.6. The molecule has 148 valence electrons. The predicted octanol–water partition coefficient (Wildman–Crippen LogP) is 3.85. The zero-order chi connectivity index (χ0) is 20.1.